The number of amides is 1. The third-order valence-corrected chi connectivity index (χ3v) is 5.94. The van der Waals surface area contributed by atoms with Gasteiger partial charge in [0.25, 0.3) is 5.91 Å². The predicted octanol–water partition coefficient (Wildman–Crippen LogP) is 4.69. The zero-order chi connectivity index (χ0) is 21.6. The molecule has 4 rings (SSSR count). The first kappa shape index (κ1) is 21.3. The summed E-state index contributed by atoms with van der Waals surface area (Å²) in [4.78, 5) is 14.7. The molecule has 1 amide bonds. The highest BCUT2D eigenvalue weighted by Crippen LogP contribution is 2.37. The molecule has 0 radical (unpaired) electrons. The van der Waals surface area contributed by atoms with E-state index in [1.54, 1.807) is 0 Å². The van der Waals surface area contributed by atoms with Gasteiger partial charge in [-0.25, -0.2) is 4.68 Å². The van der Waals surface area contributed by atoms with Crippen LogP contribution in [0.1, 0.15) is 53.6 Å². The smallest absolute Gasteiger partial charge is 0.251 e. The number of rotatable bonds is 10. The van der Waals surface area contributed by atoms with Crippen molar-refractivity contribution < 1.29 is 4.79 Å². The van der Waals surface area contributed by atoms with Crippen molar-refractivity contribution in [2.24, 2.45) is 0 Å². The van der Waals surface area contributed by atoms with E-state index in [0.29, 0.717) is 5.56 Å². The van der Waals surface area contributed by atoms with Gasteiger partial charge in [0.15, 0.2) is 0 Å². The Balaban J connectivity index is 1.29. The second-order valence-electron chi connectivity index (χ2n) is 8.64. The molecule has 0 aliphatic heterocycles. The molecule has 1 heterocycles. The highest BCUT2D eigenvalue weighted by atomic mass is 16.1. The summed E-state index contributed by atoms with van der Waals surface area (Å²) in [6.45, 7) is 1.89. The Labute approximate surface area is 185 Å². The van der Waals surface area contributed by atoms with Gasteiger partial charge in [-0.05, 0) is 63.3 Å². The number of hydrogen-bond acceptors (Lipinski definition) is 3. The van der Waals surface area contributed by atoms with Crippen molar-refractivity contribution in [2.45, 2.75) is 38.5 Å². The number of aromatic nitrogens is 2. The topological polar surface area (TPSA) is 50.2 Å². The van der Waals surface area contributed by atoms with Crippen LogP contribution in [-0.4, -0.2) is 47.8 Å². The first-order chi connectivity index (χ1) is 15.1. The van der Waals surface area contributed by atoms with Crippen LogP contribution >= 0.6 is 0 Å². The van der Waals surface area contributed by atoms with Crippen LogP contribution in [-0.2, 0) is 6.42 Å². The van der Waals surface area contributed by atoms with Crippen molar-refractivity contribution in [1.29, 1.82) is 0 Å². The Kier molecular flexibility index (Phi) is 6.82. The second-order valence-corrected chi connectivity index (χ2v) is 8.64. The molecule has 3 aromatic rings. The van der Waals surface area contributed by atoms with Crippen molar-refractivity contribution in [2.75, 3.05) is 27.2 Å². The molecule has 1 aliphatic carbocycles. The van der Waals surface area contributed by atoms with Crippen LogP contribution in [0, 0.1) is 0 Å². The Bertz CT molecular complexity index is 1020. The average Bonchev–Trinajstić information content (AvgIpc) is 3.35. The van der Waals surface area contributed by atoms with Gasteiger partial charge >= 0.3 is 0 Å². The maximum Gasteiger partial charge on any atom is 0.251 e. The maximum atomic E-state index is 12.5. The lowest BCUT2D eigenvalue weighted by Gasteiger charge is -2.10. The summed E-state index contributed by atoms with van der Waals surface area (Å²) in [6.07, 6.45) is 8.82. The molecular weight excluding hydrogens is 384 g/mol. The molecule has 1 N–H and O–H groups in total. The fourth-order valence-corrected chi connectivity index (χ4v) is 4.25. The molecule has 0 saturated heterocycles. The Morgan fingerprint density at radius 3 is 2.52 bits per heavy atom. The first-order valence-electron chi connectivity index (χ1n) is 11.3. The van der Waals surface area contributed by atoms with E-state index in [1.807, 2.05) is 35.1 Å². The molecule has 0 bridgehead atoms. The Morgan fingerprint density at radius 2 is 1.71 bits per heavy atom. The molecule has 162 valence electrons. The summed E-state index contributed by atoms with van der Waals surface area (Å²) in [7, 11) is 4.23. The number of benzene rings is 2. The summed E-state index contributed by atoms with van der Waals surface area (Å²) in [6, 6.07) is 16.2. The van der Waals surface area contributed by atoms with Crippen LogP contribution < -0.4 is 5.32 Å². The summed E-state index contributed by atoms with van der Waals surface area (Å²) in [5.41, 5.74) is 6.69. The third kappa shape index (κ3) is 5.05. The molecule has 31 heavy (non-hydrogen) atoms. The predicted molar refractivity (Wildman–Crippen MR) is 126 cm³/mol. The number of unbranched alkanes of at least 4 members (excludes halogenated alkanes) is 4. The average molecular weight is 417 g/mol. The molecule has 0 saturated carbocycles. The van der Waals surface area contributed by atoms with Crippen molar-refractivity contribution >= 4 is 5.91 Å². The highest BCUT2D eigenvalue weighted by Gasteiger charge is 2.23. The summed E-state index contributed by atoms with van der Waals surface area (Å²) >= 11 is 0. The highest BCUT2D eigenvalue weighted by molar-refractivity contribution is 5.94. The number of nitrogens with zero attached hydrogens (tertiary/aromatic N) is 3. The first-order valence-corrected chi connectivity index (χ1v) is 11.3. The van der Waals surface area contributed by atoms with Gasteiger partial charge in [-0.15, -0.1) is 0 Å². The molecule has 2 aromatic carbocycles. The lowest BCUT2D eigenvalue weighted by atomic mass is 10.1. The number of carbonyl (C=O) groups excluding carboxylic acids is 1. The molecule has 0 atom stereocenters. The standard InChI is InChI=1S/C26H32N4O/c1-29(2)17-9-5-3-4-8-16-27-26(31)20-12-14-23(15-13-20)30-25-22(19-28-30)18-21-10-6-7-11-24(21)25/h6-7,10-15,19H,3-5,8-9,16-18H2,1-2H3,(H,27,31). The van der Waals surface area contributed by atoms with Crippen LogP contribution in [0.5, 0.6) is 0 Å². The van der Waals surface area contributed by atoms with Crippen LogP contribution in [0.4, 0.5) is 0 Å². The van der Waals surface area contributed by atoms with E-state index < -0.39 is 0 Å². The van der Waals surface area contributed by atoms with Crippen LogP contribution in [0.25, 0.3) is 16.9 Å². The minimum Gasteiger partial charge on any atom is -0.352 e. The van der Waals surface area contributed by atoms with Crippen molar-refractivity contribution in [1.82, 2.24) is 20.0 Å². The van der Waals surface area contributed by atoms with E-state index in [9.17, 15) is 4.79 Å². The van der Waals surface area contributed by atoms with Gasteiger partial charge in [0.1, 0.15) is 0 Å². The third-order valence-electron chi connectivity index (χ3n) is 5.94. The minimum absolute atomic E-state index is 0.00445. The number of nitrogens with one attached hydrogen (secondary N) is 1. The van der Waals surface area contributed by atoms with E-state index in [-0.39, 0.29) is 5.91 Å². The molecule has 0 spiro atoms. The van der Waals surface area contributed by atoms with Gasteiger partial charge in [0.05, 0.1) is 17.6 Å². The van der Waals surface area contributed by atoms with Crippen molar-refractivity contribution in [3.8, 4) is 16.9 Å². The summed E-state index contributed by atoms with van der Waals surface area (Å²) in [5.74, 6) is -0.00445. The zero-order valence-corrected chi connectivity index (χ0v) is 18.6. The molecule has 5 heteroatoms. The zero-order valence-electron chi connectivity index (χ0n) is 18.6. The van der Waals surface area contributed by atoms with Crippen LogP contribution in [0.15, 0.2) is 54.7 Å². The SMILES string of the molecule is CN(C)CCCCCCCNC(=O)c1ccc(-n2ncc3c2-c2ccccc2C3)cc1. The van der Waals surface area contributed by atoms with E-state index in [2.05, 4.69) is 53.7 Å². The van der Waals surface area contributed by atoms with Crippen LogP contribution in [0.2, 0.25) is 0 Å². The Morgan fingerprint density at radius 1 is 0.968 bits per heavy atom. The van der Waals surface area contributed by atoms with Crippen LogP contribution in [0.3, 0.4) is 0 Å². The molecule has 1 aromatic heterocycles. The molecule has 5 nitrogen and oxygen atoms in total. The van der Waals surface area contributed by atoms with Crippen molar-refractivity contribution in [3.05, 3.63) is 71.4 Å². The number of carbonyl (C=O) groups is 1. The van der Waals surface area contributed by atoms with Crippen molar-refractivity contribution in [3.63, 3.8) is 0 Å². The minimum atomic E-state index is -0.00445. The van der Waals surface area contributed by atoms with Gasteiger partial charge in [0.2, 0.25) is 0 Å². The Hall–Kier alpha value is -2.92. The number of hydrogen-bond donors (Lipinski definition) is 1. The van der Waals surface area contributed by atoms with E-state index in [0.717, 1.165) is 31.6 Å². The van der Waals surface area contributed by atoms with E-state index in [4.69, 9.17) is 0 Å². The van der Waals surface area contributed by atoms with E-state index in [1.165, 1.54) is 48.1 Å². The van der Waals surface area contributed by atoms with Gasteiger partial charge < -0.3 is 10.2 Å². The van der Waals surface area contributed by atoms with Gasteiger partial charge in [-0.1, -0.05) is 43.5 Å². The molecule has 1 aliphatic rings. The molecular formula is C26H32N4O. The number of fused-ring (bicyclic) bond motifs is 3. The maximum absolute atomic E-state index is 12.5. The largest absolute Gasteiger partial charge is 0.352 e. The molecule has 0 fully saturated rings. The van der Waals surface area contributed by atoms with E-state index >= 15 is 0 Å². The lowest BCUT2D eigenvalue weighted by molar-refractivity contribution is 0.0953. The van der Waals surface area contributed by atoms with Gasteiger partial charge in [0, 0.05) is 29.7 Å². The summed E-state index contributed by atoms with van der Waals surface area (Å²) in [5, 5.41) is 7.64. The fraction of sp³-hybridized carbons (Fsp3) is 0.385. The lowest BCUT2D eigenvalue weighted by Crippen LogP contribution is -2.24. The van der Waals surface area contributed by atoms with Gasteiger partial charge in [-0.2, -0.15) is 5.10 Å². The normalized spacial score (nSPS) is 12.1. The quantitative estimate of drug-likeness (QED) is 0.382. The second kappa shape index (κ2) is 9.92. The monoisotopic (exact) mass is 416 g/mol. The fourth-order valence-electron chi connectivity index (χ4n) is 4.25. The van der Waals surface area contributed by atoms with Gasteiger partial charge in [-0.3, -0.25) is 4.79 Å². The molecule has 0 unspecified atom stereocenters. The summed E-state index contributed by atoms with van der Waals surface area (Å²) < 4.78 is 1.99.